The van der Waals surface area contributed by atoms with Crippen molar-refractivity contribution in [2.45, 2.75) is 45.6 Å². The van der Waals surface area contributed by atoms with Gasteiger partial charge in [-0.15, -0.1) is 0 Å². The minimum atomic E-state index is -0.130. The molecule has 1 aromatic carbocycles. The van der Waals surface area contributed by atoms with E-state index in [4.69, 9.17) is 9.73 Å². The van der Waals surface area contributed by atoms with Crippen molar-refractivity contribution in [2.75, 3.05) is 6.61 Å². The van der Waals surface area contributed by atoms with Crippen molar-refractivity contribution < 1.29 is 9.53 Å². The Bertz CT molecular complexity index is 467. The molecule has 1 aliphatic rings. The van der Waals surface area contributed by atoms with E-state index < -0.39 is 0 Å². The summed E-state index contributed by atoms with van der Waals surface area (Å²) in [5.74, 6) is -0.235. The van der Waals surface area contributed by atoms with Gasteiger partial charge in [-0.1, -0.05) is 36.8 Å². The van der Waals surface area contributed by atoms with Crippen molar-refractivity contribution in [1.82, 2.24) is 0 Å². The van der Waals surface area contributed by atoms with Crippen molar-refractivity contribution >= 4 is 11.7 Å². The van der Waals surface area contributed by atoms with Gasteiger partial charge in [-0.3, -0.25) is 9.79 Å². The van der Waals surface area contributed by atoms with Gasteiger partial charge in [0.25, 0.3) is 0 Å². The molecule has 0 heterocycles. The van der Waals surface area contributed by atoms with Gasteiger partial charge in [0.05, 0.1) is 18.6 Å². The largest absolute Gasteiger partial charge is 0.465 e. The molecule has 108 valence electrons. The van der Waals surface area contributed by atoms with Crippen LogP contribution in [0.5, 0.6) is 0 Å². The van der Waals surface area contributed by atoms with E-state index in [0.29, 0.717) is 6.61 Å². The zero-order chi connectivity index (χ0) is 14.4. The molecular formula is C17H23NO2. The highest BCUT2D eigenvalue weighted by molar-refractivity contribution is 6.02. The van der Waals surface area contributed by atoms with Crippen molar-refractivity contribution in [1.29, 1.82) is 0 Å². The lowest BCUT2D eigenvalue weighted by molar-refractivity contribution is -0.146. The first kappa shape index (κ1) is 14.8. The highest BCUT2D eigenvalue weighted by Crippen LogP contribution is 2.26. The molecule has 1 aliphatic carbocycles. The number of rotatable bonds is 4. The molecule has 0 radical (unpaired) electrons. The molecule has 1 fully saturated rings. The second-order valence-corrected chi connectivity index (χ2v) is 5.26. The normalized spacial score (nSPS) is 22.5. The minimum absolute atomic E-state index is 0.0984. The number of carbonyl (C=O) groups is 1. The van der Waals surface area contributed by atoms with E-state index in [0.717, 1.165) is 31.4 Å². The van der Waals surface area contributed by atoms with Crippen LogP contribution in [0, 0.1) is 5.92 Å². The van der Waals surface area contributed by atoms with Crippen LogP contribution < -0.4 is 0 Å². The number of esters is 1. The second-order valence-electron chi connectivity index (χ2n) is 5.26. The molecule has 20 heavy (non-hydrogen) atoms. The molecule has 0 bridgehead atoms. The molecule has 1 unspecified atom stereocenters. The molecule has 0 spiro atoms. The van der Waals surface area contributed by atoms with E-state index in [1.807, 2.05) is 25.1 Å². The Morgan fingerprint density at radius 1 is 1.35 bits per heavy atom. The fraction of sp³-hybridized carbons (Fsp3) is 0.529. The molecule has 0 N–H and O–H groups in total. The maximum Gasteiger partial charge on any atom is 0.314 e. The van der Waals surface area contributed by atoms with Crippen molar-refractivity contribution in [2.24, 2.45) is 10.9 Å². The lowest BCUT2D eigenvalue weighted by Gasteiger charge is -2.24. The van der Waals surface area contributed by atoms with Gasteiger partial charge in [0.2, 0.25) is 0 Å². The second kappa shape index (κ2) is 7.22. The lowest BCUT2D eigenvalue weighted by Crippen LogP contribution is -2.29. The number of benzene rings is 1. The van der Waals surface area contributed by atoms with Gasteiger partial charge in [0, 0.05) is 5.71 Å². The molecule has 3 nitrogen and oxygen atoms in total. The molecule has 2 rings (SSSR count). The van der Waals surface area contributed by atoms with Crippen LogP contribution in [0.2, 0.25) is 0 Å². The van der Waals surface area contributed by atoms with Crippen molar-refractivity contribution in [3.8, 4) is 0 Å². The Labute approximate surface area is 121 Å². The summed E-state index contributed by atoms with van der Waals surface area (Å²) in [6, 6.07) is 10.3. The van der Waals surface area contributed by atoms with Gasteiger partial charge in [-0.2, -0.15) is 0 Å². The Hall–Kier alpha value is -1.64. The molecular weight excluding hydrogens is 250 g/mol. The summed E-state index contributed by atoms with van der Waals surface area (Å²) in [5.41, 5.74) is 2.21. The average Bonchev–Trinajstić information content (AvgIpc) is 2.49. The molecule has 0 amide bonds. The van der Waals surface area contributed by atoms with E-state index in [9.17, 15) is 4.79 Å². The van der Waals surface area contributed by atoms with Crippen LogP contribution in [0.4, 0.5) is 0 Å². The topological polar surface area (TPSA) is 38.7 Å². The molecule has 2 atom stereocenters. The Morgan fingerprint density at radius 3 is 2.80 bits per heavy atom. The summed E-state index contributed by atoms with van der Waals surface area (Å²) >= 11 is 0. The summed E-state index contributed by atoms with van der Waals surface area (Å²) < 4.78 is 5.18. The van der Waals surface area contributed by atoms with E-state index >= 15 is 0 Å². The summed E-state index contributed by atoms with van der Waals surface area (Å²) in [4.78, 5) is 16.8. The lowest BCUT2D eigenvalue weighted by atomic mass is 9.87. The van der Waals surface area contributed by atoms with Crippen LogP contribution in [0.15, 0.2) is 35.3 Å². The van der Waals surface area contributed by atoms with Crippen LogP contribution in [0.3, 0.4) is 0 Å². The van der Waals surface area contributed by atoms with Crippen molar-refractivity contribution in [3.63, 3.8) is 0 Å². The number of aliphatic imine (C=N–C) groups is 1. The molecule has 3 heteroatoms. The number of nitrogens with zero attached hydrogens (tertiary/aromatic N) is 1. The van der Waals surface area contributed by atoms with Gasteiger partial charge < -0.3 is 4.74 Å². The van der Waals surface area contributed by atoms with Gasteiger partial charge >= 0.3 is 5.97 Å². The monoisotopic (exact) mass is 273 g/mol. The van der Waals surface area contributed by atoms with E-state index in [1.165, 1.54) is 5.56 Å². The fourth-order valence-corrected chi connectivity index (χ4v) is 2.70. The zero-order valence-corrected chi connectivity index (χ0v) is 12.3. The Balaban J connectivity index is 2.14. The first-order valence-corrected chi connectivity index (χ1v) is 7.50. The van der Waals surface area contributed by atoms with Crippen LogP contribution in [0.1, 0.15) is 51.1 Å². The van der Waals surface area contributed by atoms with Gasteiger partial charge in [-0.25, -0.2) is 0 Å². The molecule has 0 saturated heterocycles. The predicted molar refractivity (Wildman–Crippen MR) is 80.9 cm³/mol. The quantitative estimate of drug-likeness (QED) is 0.779. The molecule has 0 aromatic heterocycles. The third-order valence-corrected chi connectivity index (χ3v) is 3.79. The van der Waals surface area contributed by atoms with Crippen LogP contribution in [-0.2, 0) is 9.53 Å². The predicted octanol–water partition coefficient (Wildman–Crippen LogP) is 3.94. The van der Waals surface area contributed by atoms with Gasteiger partial charge in [-0.05, 0) is 38.7 Å². The Kier molecular flexibility index (Phi) is 5.33. The highest BCUT2D eigenvalue weighted by Gasteiger charge is 2.28. The first-order chi connectivity index (χ1) is 9.72. The number of ether oxygens (including phenoxy) is 1. The fourth-order valence-electron chi connectivity index (χ4n) is 2.70. The third kappa shape index (κ3) is 3.69. The summed E-state index contributed by atoms with van der Waals surface area (Å²) in [6.45, 7) is 4.38. The number of hydrogen-bond donors (Lipinski definition) is 0. The molecule has 1 saturated carbocycles. The van der Waals surface area contributed by atoms with Crippen LogP contribution in [-0.4, -0.2) is 18.3 Å². The van der Waals surface area contributed by atoms with E-state index in [2.05, 4.69) is 19.1 Å². The highest BCUT2D eigenvalue weighted by atomic mass is 16.5. The SMILES string of the molecule is CCOC(=O)C1CCCCC1=N[C@@H](C)c1ccccc1. The summed E-state index contributed by atoms with van der Waals surface area (Å²) in [7, 11) is 0. The third-order valence-electron chi connectivity index (χ3n) is 3.79. The van der Waals surface area contributed by atoms with Crippen LogP contribution >= 0.6 is 0 Å². The van der Waals surface area contributed by atoms with Gasteiger partial charge in [0.1, 0.15) is 0 Å². The van der Waals surface area contributed by atoms with Crippen LogP contribution in [0.25, 0.3) is 0 Å². The van der Waals surface area contributed by atoms with E-state index in [1.54, 1.807) is 0 Å². The molecule has 0 aliphatic heterocycles. The zero-order valence-electron chi connectivity index (χ0n) is 12.3. The maximum absolute atomic E-state index is 12.0. The number of carbonyl (C=O) groups excluding carboxylic acids is 1. The smallest absolute Gasteiger partial charge is 0.314 e. The summed E-state index contributed by atoms with van der Waals surface area (Å²) in [5, 5.41) is 0. The van der Waals surface area contributed by atoms with E-state index in [-0.39, 0.29) is 17.9 Å². The minimum Gasteiger partial charge on any atom is -0.465 e. The van der Waals surface area contributed by atoms with Crippen molar-refractivity contribution in [3.05, 3.63) is 35.9 Å². The first-order valence-electron chi connectivity index (χ1n) is 7.50. The summed E-state index contributed by atoms with van der Waals surface area (Å²) in [6.07, 6.45) is 4.00. The average molecular weight is 273 g/mol. The molecule has 1 aromatic rings. The maximum atomic E-state index is 12.0. The Morgan fingerprint density at radius 2 is 2.10 bits per heavy atom. The standard InChI is InChI=1S/C17H23NO2/c1-3-20-17(19)15-11-7-8-12-16(15)18-13(2)14-9-5-4-6-10-14/h4-6,9-10,13,15H,3,7-8,11-12H2,1-2H3/t13-,15?/m0/s1. The number of hydrogen-bond acceptors (Lipinski definition) is 3. The van der Waals surface area contributed by atoms with Gasteiger partial charge in [0.15, 0.2) is 0 Å².